The summed E-state index contributed by atoms with van der Waals surface area (Å²) in [5.41, 5.74) is 0. The van der Waals surface area contributed by atoms with Crippen molar-refractivity contribution in [1.82, 2.24) is 4.98 Å². The first-order valence-corrected chi connectivity index (χ1v) is 7.91. The predicted octanol–water partition coefficient (Wildman–Crippen LogP) is 4.08. The van der Waals surface area contributed by atoms with Crippen molar-refractivity contribution in [3.63, 3.8) is 0 Å². The molecule has 0 spiro atoms. The highest BCUT2D eigenvalue weighted by molar-refractivity contribution is 5.38. The van der Waals surface area contributed by atoms with Crippen molar-refractivity contribution < 1.29 is 18.3 Å². The molecule has 22 heavy (non-hydrogen) atoms. The van der Waals surface area contributed by atoms with Crippen LogP contribution in [0.3, 0.4) is 0 Å². The Labute approximate surface area is 130 Å². The van der Waals surface area contributed by atoms with Gasteiger partial charge in [0.1, 0.15) is 11.6 Å². The number of rotatable bonds is 7. The lowest BCUT2D eigenvalue weighted by atomic mass is 9.89. The first kappa shape index (κ1) is 16.9. The van der Waals surface area contributed by atoms with Crippen molar-refractivity contribution in [2.24, 2.45) is 5.92 Å². The topological polar surface area (TPSA) is 43.4 Å². The van der Waals surface area contributed by atoms with Crippen LogP contribution in [0.15, 0.2) is 18.3 Å². The number of hydrogen-bond donors (Lipinski definition) is 1. The minimum atomic E-state index is -2.82. The summed E-state index contributed by atoms with van der Waals surface area (Å²) in [4.78, 5) is 4.13. The Morgan fingerprint density at radius 2 is 2.14 bits per heavy atom. The van der Waals surface area contributed by atoms with Gasteiger partial charge in [-0.2, -0.15) is 8.78 Å². The monoisotopic (exact) mass is 314 g/mol. The van der Waals surface area contributed by atoms with Gasteiger partial charge in [0.25, 0.3) is 0 Å². The summed E-state index contributed by atoms with van der Waals surface area (Å²) in [6.45, 7) is 2.30. The summed E-state index contributed by atoms with van der Waals surface area (Å²) >= 11 is 0. The summed E-state index contributed by atoms with van der Waals surface area (Å²) in [6, 6.07) is 3.46. The molecule has 0 aliphatic carbocycles. The Morgan fingerprint density at radius 3 is 2.73 bits per heavy atom. The summed E-state index contributed by atoms with van der Waals surface area (Å²) in [5.74, 6) is 1.33. The van der Waals surface area contributed by atoms with Crippen LogP contribution in [-0.2, 0) is 4.74 Å². The highest BCUT2D eigenvalue weighted by Crippen LogP contribution is 2.27. The number of pyridine rings is 1. The molecule has 1 N–H and O–H groups in total. The van der Waals surface area contributed by atoms with Crippen LogP contribution in [0.25, 0.3) is 0 Å². The van der Waals surface area contributed by atoms with Crippen LogP contribution in [0.5, 0.6) is 5.75 Å². The smallest absolute Gasteiger partial charge is 0.387 e. The molecule has 0 amide bonds. The summed E-state index contributed by atoms with van der Waals surface area (Å²) in [5, 5.41) is 3.36. The van der Waals surface area contributed by atoms with Gasteiger partial charge >= 0.3 is 6.61 Å². The van der Waals surface area contributed by atoms with E-state index >= 15 is 0 Å². The van der Waals surface area contributed by atoms with E-state index in [1.54, 1.807) is 6.07 Å². The molecular formula is C16H24F2N2O2. The van der Waals surface area contributed by atoms with E-state index in [1.165, 1.54) is 12.3 Å². The van der Waals surface area contributed by atoms with Gasteiger partial charge in [0, 0.05) is 12.6 Å². The van der Waals surface area contributed by atoms with Crippen LogP contribution in [0, 0.1) is 5.92 Å². The molecule has 0 aromatic carbocycles. The molecule has 1 aromatic heterocycles. The summed E-state index contributed by atoms with van der Waals surface area (Å²) < 4.78 is 34.4. The molecule has 1 fully saturated rings. The minimum absolute atomic E-state index is 0.0717. The van der Waals surface area contributed by atoms with E-state index in [0.29, 0.717) is 17.8 Å². The lowest BCUT2D eigenvalue weighted by Gasteiger charge is -2.34. The van der Waals surface area contributed by atoms with Crippen molar-refractivity contribution in [1.29, 1.82) is 0 Å². The zero-order valence-corrected chi connectivity index (χ0v) is 13.1. The van der Waals surface area contributed by atoms with Gasteiger partial charge in [0.05, 0.1) is 12.3 Å². The Kier molecular flexibility index (Phi) is 6.36. The average Bonchev–Trinajstić information content (AvgIpc) is 2.50. The van der Waals surface area contributed by atoms with Gasteiger partial charge in [-0.15, -0.1) is 0 Å². The highest BCUT2D eigenvalue weighted by Gasteiger charge is 2.27. The lowest BCUT2D eigenvalue weighted by molar-refractivity contribution is -0.0500. The van der Waals surface area contributed by atoms with Gasteiger partial charge < -0.3 is 14.8 Å². The number of anilines is 1. The van der Waals surface area contributed by atoms with E-state index in [-0.39, 0.29) is 11.9 Å². The van der Waals surface area contributed by atoms with Crippen molar-refractivity contribution in [2.75, 3.05) is 11.9 Å². The second kappa shape index (κ2) is 8.27. The van der Waals surface area contributed by atoms with Crippen LogP contribution in [-0.4, -0.2) is 30.3 Å². The Morgan fingerprint density at radius 1 is 1.36 bits per heavy atom. The predicted molar refractivity (Wildman–Crippen MR) is 81.3 cm³/mol. The van der Waals surface area contributed by atoms with E-state index in [0.717, 1.165) is 32.3 Å². The number of aromatic nitrogens is 1. The van der Waals surface area contributed by atoms with Crippen LogP contribution in [0.2, 0.25) is 0 Å². The second-order valence-corrected chi connectivity index (χ2v) is 5.61. The molecule has 1 aliphatic heterocycles. The lowest BCUT2D eigenvalue weighted by Crippen LogP contribution is -2.38. The molecule has 6 heteroatoms. The molecule has 124 valence electrons. The Balaban J connectivity index is 1.89. The van der Waals surface area contributed by atoms with Crippen molar-refractivity contribution in [3.8, 4) is 5.75 Å². The zero-order chi connectivity index (χ0) is 15.9. The van der Waals surface area contributed by atoms with Gasteiger partial charge in [-0.3, -0.25) is 0 Å². The van der Waals surface area contributed by atoms with Gasteiger partial charge in [0.2, 0.25) is 0 Å². The molecule has 1 aromatic rings. The molecule has 2 atom stereocenters. The van der Waals surface area contributed by atoms with Crippen LogP contribution in [0.1, 0.15) is 39.5 Å². The van der Waals surface area contributed by atoms with E-state index in [4.69, 9.17) is 4.74 Å². The van der Waals surface area contributed by atoms with Crippen LogP contribution >= 0.6 is 0 Å². The fourth-order valence-electron chi connectivity index (χ4n) is 2.95. The fraction of sp³-hybridized carbons (Fsp3) is 0.688. The molecule has 2 rings (SSSR count). The maximum atomic E-state index is 12.1. The standard InChI is InChI=1S/C16H24F2N2O2/c1-3-11(4-2)14-9-12(7-8-21-14)20-15-6-5-13(10-19-15)22-16(17)18/h5-6,10-12,14,16H,3-4,7-9H2,1-2H3,(H,19,20). The van der Waals surface area contributed by atoms with Gasteiger partial charge in [0.15, 0.2) is 0 Å². The SMILES string of the molecule is CCC(CC)C1CC(Nc2ccc(OC(F)F)cn2)CCO1. The maximum absolute atomic E-state index is 12.1. The molecule has 2 heterocycles. The number of nitrogens with zero attached hydrogens (tertiary/aromatic N) is 1. The third kappa shape index (κ3) is 4.80. The zero-order valence-electron chi connectivity index (χ0n) is 13.1. The molecule has 2 unspecified atom stereocenters. The largest absolute Gasteiger partial charge is 0.433 e. The number of ether oxygens (including phenoxy) is 2. The maximum Gasteiger partial charge on any atom is 0.387 e. The Hall–Kier alpha value is -1.43. The van der Waals surface area contributed by atoms with E-state index in [2.05, 4.69) is 28.9 Å². The quantitative estimate of drug-likeness (QED) is 0.823. The minimum Gasteiger partial charge on any atom is -0.433 e. The first-order chi connectivity index (χ1) is 10.6. The third-order valence-corrected chi connectivity index (χ3v) is 4.20. The molecule has 1 saturated heterocycles. The second-order valence-electron chi connectivity index (χ2n) is 5.61. The number of hydrogen-bond acceptors (Lipinski definition) is 4. The van der Waals surface area contributed by atoms with Crippen molar-refractivity contribution >= 4 is 5.82 Å². The molecule has 1 aliphatic rings. The molecule has 0 saturated carbocycles. The summed E-state index contributed by atoms with van der Waals surface area (Å²) in [6.07, 6.45) is 5.70. The first-order valence-electron chi connectivity index (χ1n) is 7.91. The van der Waals surface area contributed by atoms with Crippen LogP contribution < -0.4 is 10.1 Å². The molecule has 0 bridgehead atoms. The van der Waals surface area contributed by atoms with Crippen molar-refractivity contribution in [3.05, 3.63) is 18.3 Å². The third-order valence-electron chi connectivity index (χ3n) is 4.20. The summed E-state index contributed by atoms with van der Waals surface area (Å²) in [7, 11) is 0. The van der Waals surface area contributed by atoms with E-state index in [1.807, 2.05) is 0 Å². The van der Waals surface area contributed by atoms with Crippen molar-refractivity contribution in [2.45, 2.75) is 58.3 Å². The Bertz CT molecular complexity index is 438. The average molecular weight is 314 g/mol. The van der Waals surface area contributed by atoms with Gasteiger partial charge in [-0.25, -0.2) is 4.98 Å². The fourth-order valence-corrected chi connectivity index (χ4v) is 2.95. The molecule has 4 nitrogen and oxygen atoms in total. The van der Waals surface area contributed by atoms with E-state index < -0.39 is 6.61 Å². The van der Waals surface area contributed by atoms with Gasteiger partial charge in [-0.05, 0) is 30.9 Å². The number of halogens is 2. The van der Waals surface area contributed by atoms with Crippen LogP contribution in [0.4, 0.5) is 14.6 Å². The van der Waals surface area contributed by atoms with E-state index in [9.17, 15) is 8.78 Å². The number of nitrogens with one attached hydrogen (secondary N) is 1. The molecule has 0 radical (unpaired) electrons. The highest BCUT2D eigenvalue weighted by atomic mass is 19.3. The normalized spacial score (nSPS) is 22.1. The van der Waals surface area contributed by atoms with Gasteiger partial charge in [-0.1, -0.05) is 26.7 Å². The number of alkyl halides is 2. The molecular weight excluding hydrogens is 290 g/mol.